The highest BCUT2D eigenvalue weighted by atomic mass is 16.5. The van der Waals surface area contributed by atoms with Crippen molar-refractivity contribution in [2.45, 2.75) is 52.0 Å². The zero-order valence-electron chi connectivity index (χ0n) is 17.1. The van der Waals surface area contributed by atoms with Crippen LogP contribution in [0.15, 0.2) is 24.3 Å². The largest absolute Gasteiger partial charge is 0.493 e. The van der Waals surface area contributed by atoms with Crippen molar-refractivity contribution in [1.82, 2.24) is 14.4 Å². The van der Waals surface area contributed by atoms with Gasteiger partial charge in [-0.2, -0.15) is 0 Å². The lowest BCUT2D eigenvalue weighted by Crippen LogP contribution is -2.23. The number of imidazole rings is 1. The average Bonchev–Trinajstić information content (AvgIpc) is 3.06. The fraction of sp³-hybridized carbons (Fsp3) is 0.455. The van der Waals surface area contributed by atoms with Crippen molar-refractivity contribution in [3.05, 3.63) is 35.7 Å². The van der Waals surface area contributed by atoms with E-state index in [0.717, 1.165) is 34.2 Å². The van der Waals surface area contributed by atoms with E-state index >= 15 is 0 Å². The summed E-state index contributed by atoms with van der Waals surface area (Å²) in [6.45, 7) is 4.11. The van der Waals surface area contributed by atoms with Gasteiger partial charge in [0.2, 0.25) is 5.78 Å². The Bertz CT molecular complexity index is 990. The van der Waals surface area contributed by atoms with Gasteiger partial charge in [0.15, 0.2) is 11.5 Å². The fourth-order valence-electron chi connectivity index (χ4n) is 4.13. The van der Waals surface area contributed by atoms with Crippen molar-refractivity contribution in [2.24, 2.45) is 0 Å². The Kier molecular flexibility index (Phi) is 5.11. The summed E-state index contributed by atoms with van der Waals surface area (Å²) < 4.78 is 13.0. The van der Waals surface area contributed by atoms with Gasteiger partial charge < -0.3 is 14.8 Å². The summed E-state index contributed by atoms with van der Waals surface area (Å²) in [5.41, 5.74) is 3.98. The van der Waals surface area contributed by atoms with Crippen molar-refractivity contribution in [3.8, 4) is 22.8 Å². The number of aryl methyl sites for hydroxylation is 2. The van der Waals surface area contributed by atoms with Crippen molar-refractivity contribution in [2.75, 3.05) is 19.5 Å². The van der Waals surface area contributed by atoms with E-state index in [0.29, 0.717) is 17.5 Å². The van der Waals surface area contributed by atoms with Crippen LogP contribution in [0.25, 0.3) is 17.0 Å². The first kappa shape index (κ1) is 18.6. The summed E-state index contributed by atoms with van der Waals surface area (Å²) in [6.07, 6.45) is 6.26. The standard InChI is InChI=1S/C22H28N4O2/c1-14-12-15(2)26-21(24-17-8-6-5-7-9-17)20(25-22(26)23-14)16-10-11-18(27-3)19(13-16)28-4/h10-13,17,24H,5-9H2,1-4H3. The molecule has 0 aliphatic heterocycles. The molecule has 1 aromatic carbocycles. The molecule has 0 unspecified atom stereocenters. The monoisotopic (exact) mass is 380 g/mol. The van der Waals surface area contributed by atoms with E-state index in [4.69, 9.17) is 14.5 Å². The molecule has 2 aromatic heterocycles. The molecule has 3 aromatic rings. The van der Waals surface area contributed by atoms with Crippen molar-refractivity contribution in [3.63, 3.8) is 0 Å². The number of fused-ring (bicyclic) bond motifs is 1. The molecule has 1 saturated carbocycles. The van der Waals surface area contributed by atoms with E-state index in [1.807, 2.05) is 25.1 Å². The number of hydrogen-bond acceptors (Lipinski definition) is 5. The molecule has 2 heterocycles. The molecule has 1 N–H and O–H groups in total. The van der Waals surface area contributed by atoms with E-state index in [2.05, 4.69) is 27.7 Å². The normalized spacial score (nSPS) is 15.0. The minimum Gasteiger partial charge on any atom is -0.493 e. The van der Waals surface area contributed by atoms with Crippen molar-refractivity contribution >= 4 is 11.6 Å². The molecular formula is C22H28N4O2. The third-order valence-electron chi connectivity index (χ3n) is 5.51. The molecule has 0 atom stereocenters. The predicted molar refractivity (Wildman–Crippen MR) is 111 cm³/mol. The molecule has 0 saturated heterocycles. The average molecular weight is 380 g/mol. The van der Waals surface area contributed by atoms with Crippen LogP contribution in [-0.4, -0.2) is 34.6 Å². The first-order chi connectivity index (χ1) is 13.6. The summed E-state index contributed by atoms with van der Waals surface area (Å²) in [5, 5.41) is 3.79. The fourth-order valence-corrected chi connectivity index (χ4v) is 4.13. The van der Waals surface area contributed by atoms with Gasteiger partial charge in [0.1, 0.15) is 11.5 Å². The first-order valence-electron chi connectivity index (χ1n) is 9.96. The second-order valence-corrected chi connectivity index (χ2v) is 7.53. The highest BCUT2D eigenvalue weighted by Crippen LogP contribution is 2.36. The SMILES string of the molecule is COc1ccc(-c2nc3nc(C)cc(C)n3c2NC2CCCCC2)cc1OC. The molecule has 0 spiro atoms. The quantitative estimate of drug-likeness (QED) is 0.690. The second-order valence-electron chi connectivity index (χ2n) is 7.53. The van der Waals surface area contributed by atoms with Gasteiger partial charge in [-0.25, -0.2) is 9.97 Å². The molecule has 4 rings (SSSR count). The van der Waals surface area contributed by atoms with Crippen molar-refractivity contribution in [1.29, 1.82) is 0 Å². The van der Waals surface area contributed by atoms with Crippen LogP contribution in [-0.2, 0) is 0 Å². The van der Waals surface area contributed by atoms with Gasteiger partial charge in [-0.1, -0.05) is 19.3 Å². The van der Waals surface area contributed by atoms with Crippen molar-refractivity contribution < 1.29 is 9.47 Å². The molecule has 148 valence electrons. The van der Waals surface area contributed by atoms with E-state index in [1.165, 1.54) is 32.1 Å². The van der Waals surface area contributed by atoms with Crippen LogP contribution in [0.1, 0.15) is 43.5 Å². The highest BCUT2D eigenvalue weighted by Gasteiger charge is 2.22. The Labute approximate surface area is 165 Å². The first-order valence-corrected chi connectivity index (χ1v) is 9.96. The number of benzene rings is 1. The van der Waals surface area contributed by atoms with Crippen LogP contribution in [0.4, 0.5) is 5.82 Å². The number of ether oxygens (including phenoxy) is 2. The molecule has 1 fully saturated rings. The summed E-state index contributed by atoms with van der Waals surface area (Å²) in [4.78, 5) is 9.56. The molecule has 6 nitrogen and oxygen atoms in total. The maximum Gasteiger partial charge on any atom is 0.236 e. The van der Waals surface area contributed by atoms with E-state index in [1.54, 1.807) is 14.2 Å². The Morgan fingerprint density at radius 3 is 2.43 bits per heavy atom. The van der Waals surface area contributed by atoms with Crippen LogP contribution < -0.4 is 14.8 Å². The van der Waals surface area contributed by atoms with Crippen LogP contribution in [0.2, 0.25) is 0 Å². The summed E-state index contributed by atoms with van der Waals surface area (Å²) in [5.74, 6) is 3.14. The lowest BCUT2D eigenvalue weighted by atomic mass is 9.95. The zero-order valence-corrected chi connectivity index (χ0v) is 17.1. The van der Waals surface area contributed by atoms with Gasteiger partial charge in [0, 0.05) is 23.0 Å². The maximum atomic E-state index is 5.51. The Morgan fingerprint density at radius 1 is 0.964 bits per heavy atom. The number of nitrogens with one attached hydrogen (secondary N) is 1. The smallest absolute Gasteiger partial charge is 0.236 e. The van der Waals surface area contributed by atoms with Crippen LogP contribution in [0.5, 0.6) is 11.5 Å². The summed E-state index contributed by atoms with van der Waals surface area (Å²) in [6, 6.07) is 8.49. The Balaban J connectivity index is 1.87. The van der Waals surface area contributed by atoms with Gasteiger partial charge >= 0.3 is 0 Å². The van der Waals surface area contributed by atoms with Gasteiger partial charge in [-0.05, 0) is 51.0 Å². The number of rotatable bonds is 5. The number of nitrogens with zero attached hydrogens (tertiary/aromatic N) is 3. The van der Waals surface area contributed by atoms with Gasteiger partial charge in [0.25, 0.3) is 0 Å². The molecule has 28 heavy (non-hydrogen) atoms. The Hall–Kier alpha value is -2.76. The second kappa shape index (κ2) is 7.70. The zero-order chi connectivity index (χ0) is 19.7. The molecule has 1 aliphatic rings. The minimum absolute atomic E-state index is 0.466. The number of aromatic nitrogens is 3. The predicted octanol–water partition coefficient (Wildman–Crippen LogP) is 4.77. The maximum absolute atomic E-state index is 5.51. The van der Waals surface area contributed by atoms with Crippen LogP contribution >= 0.6 is 0 Å². The number of hydrogen-bond donors (Lipinski definition) is 1. The highest BCUT2D eigenvalue weighted by molar-refractivity contribution is 5.77. The van der Waals surface area contributed by atoms with Gasteiger partial charge in [-0.3, -0.25) is 4.40 Å². The lowest BCUT2D eigenvalue weighted by molar-refractivity contribution is 0.355. The van der Waals surface area contributed by atoms with Crippen LogP contribution in [0, 0.1) is 13.8 Å². The van der Waals surface area contributed by atoms with E-state index in [9.17, 15) is 0 Å². The van der Waals surface area contributed by atoms with Gasteiger partial charge in [0.05, 0.1) is 14.2 Å². The third-order valence-corrected chi connectivity index (χ3v) is 5.51. The number of anilines is 1. The van der Waals surface area contributed by atoms with Gasteiger partial charge in [-0.15, -0.1) is 0 Å². The third kappa shape index (κ3) is 3.39. The molecule has 1 aliphatic carbocycles. The molecule has 0 bridgehead atoms. The summed E-state index contributed by atoms with van der Waals surface area (Å²) >= 11 is 0. The minimum atomic E-state index is 0.466. The molecule has 0 radical (unpaired) electrons. The molecule has 0 amide bonds. The Morgan fingerprint density at radius 2 is 1.71 bits per heavy atom. The van der Waals surface area contributed by atoms with E-state index in [-0.39, 0.29) is 0 Å². The number of methoxy groups -OCH3 is 2. The molecular weight excluding hydrogens is 352 g/mol. The topological polar surface area (TPSA) is 60.7 Å². The lowest BCUT2D eigenvalue weighted by Gasteiger charge is -2.24. The summed E-state index contributed by atoms with van der Waals surface area (Å²) in [7, 11) is 3.30. The van der Waals surface area contributed by atoms with Crippen LogP contribution in [0.3, 0.4) is 0 Å². The van der Waals surface area contributed by atoms with E-state index < -0.39 is 0 Å². The molecule has 6 heteroatoms.